The number of ether oxygens (including phenoxy) is 1. The van der Waals surface area contributed by atoms with Crippen LogP contribution in [-0.2, 0) is 6.61 Å². The molecule has 2 aromatic carbocycles. The number of benzene rings is 2. The van der Waals surface area contributed by atoms with Crippen molar-refractivity contribution < 1.29 is 9.13 Å². The molecule has 2 aromatic rings. The SMILES string of the molecule is CC[C@H](N)c1ccccc1OCc1ccccc1F. The number of hydrogen-bond acceptors (Lipinski definition) is 2. The summed E-state index contributed by atoms with van der Waals surface area (Å²) in [6, 6.07) is 14.2. The molecule has 2 rings (SSSR count). The molecule has 0 aromatic heterocycles. The van der Waals surface area contributed by atoms with Gasteiger partial charge in [-0.1, -0.05) is 43.3 Å². The quantitative estimate of drug-likeness (QED) is 0.886. The Morgan fingerprint density at radius 3 is 2.53 bits per heavy atom. The number of halogens is 1. The zero-order valence-corrected chi connectivity index (χ0v) is 11.0. The molecule has 0 saturated heterocycles. The number of nitrogens with two attached hydrogens (primary N) is 1. The second-order valence-corrected chi connectivity index (χ2v) is 4.43. The molecular weight excluding hydrogens is 241 g/mol. The topological polar surface area (TPSA) is 35.2 Å². The van der Waals surface area contributed by atoms with Crippen molar-refractivity contribution in [3.8, 4) is 5.75 Å². The summed E-state index contributed by atoms with van der Waals surface area (Å²) in [5.74, 6) is 0.472. The van der Waals surface area contributed by atoms with E-state index in [0.29, 0.717) is 5.56 Å². The molecule has 0 spiro atoms. The molecule has 1 atom stereocenters. The molecule has 100 valence electrons. The van der Waals surface area contributed by atoms with Gasteiger partial charge >= 0.3 is 0 Å². The Hall–Kier alpha value is -1.87. The smallest absolute Gasteiger partial charge is 0.129 e. The van der Waals surface area contributed by atoms with Crippen LogP contribution in [0.25, 0.3) is 0 Å². The third-order valence-electron chi connectivity index (χ3n) is 3.10. The van der Waals surface area contributed by atoms with Gasteiger partial charge in [-0.05, 0) is 18.6 Å². The molecule has 2 nitrogen and oxygen atoms in total. The lowest BCUT2D eigenvalue weighted by Gasteiger charge is -2.15. The predicted octanol–water partition coefficient (Wildman–Crippen LogP) is 3.81. The molecule has 0 unspecified atom stereocenters. The fourth-order valence-corrected chi connectivity index (χ4v) is 1.91. The Bertz CT molecular complexity index is 542. The van der Waals surface area contributed by atoms with E-state index in [1.807, 2.05) is 31.2 Å². The maximum absolute atomic E-state index is 13.5. The maximum Gasteiger partial charge on any atom is 0.129 e. The Kier molecular flexibility index (Phi) is 4.53. The van der Waals surface area contributed by atoms with Crippen LogP contribution in [0.1, 0.15) is 30.5 Å². The summed E-state index contributed by atoms with van der Waals surface area (Å²) in [6.07, 6.45) is 0.833. The first-order valence-electron chi connectivity index (χ1n) is 6.43. The highest BCUT2D eigenvalue weighted by Gasteiger charge is 2.10. The molecule has 0 aliphatic heterocycles. The van der Waals surface area contributed by atoms with E-state index in [4.69, 9.17) is 10.5 Å². The lowest BCUT2D eigenvalue weighted by atomic mass is 10.0. The first-order valence-corrected chi connectivity index (χ1v) is 6.43. The second kappa shape index (κ2) is 6.34. The molecule has 3 heteroatoms. The summed E-state index contributed by atoms with van der Waals surface area (Å²) in [6.45, 7) is 2.23. The predicted molar refractivity (Wildman–Crippen MR) is 74.4 cm³/mol. The summed E-state index contributed by atoms with van der Waals surface area (Å²) >= 11 is 0. The highest BCUT2D eigenvalue weighted by molar-refractivity contribution is 5.36. The summed E-state index contributed by atoms with van der Waals surface area (Å²) in [5.41, 5.74) is 7.54. The van der Waals surface area contributed by atoms with Crippen LogP contribution < -0.4 is 10.5 Å². The zero-order chi connectivity index (χ0) is 13.7. The third-order valence-corrected chi connectivity index (χ3v) is 3.10. The summed E-state index contributed by atoms with van der Waals surface area (Å²) in [7, 11) is 0. The van der Waals surface area contributed by atoms with Crippen LogP contribution in [0, 0.1) is 5.82 Å². The summed E-state index contributed by atoms with van der Waals surface area (Å²) in [5, 5.41) is 0. The van der Waals surface area contributed by atoms with Gasteiger partial charge in [0.1, 0.15) is 18.2 Å². The highest BCUT2D eigenvalue weighted by Crippen LogP contribution is 2.26. The molecular formula is C16H18FNO. The Balaban J connectivity index is 2.14. The van der Waals surface area contributed by atoms with Gasteiger partial charge in [-0.3, -0.25) is 0 Å². The van der Waals surface area contributed by atoms with Crippen molar-refractivity contribution in [3.63, 3.8) is 0 Å². The number of hydrogen-bond donors (Lipinski definition) is 1. The second-order valence-electron chi connectivity index (χ2n) is 4.43. The van der Waals surface area contributed by atoms with Crippen molar-refractivity contribution in [1.82, 2.24) is 0 Å². The molecule has 0 fully saturated rings. The fourth-order valence-electron chi connectivity index (χ4n) is 1.91. The highest BCUT2D eigenvalue weighted by atomic mass is 19.1. The van der Waals surface area contributed by atoms with Gasteiger partial charge in [0.2, 0.25) is 0 Å². The van der Waals surface area contributed by atoms with E-state index in [-0.39, 0.29) is 18.5 Å². The number of rotatable bonds is 5. The average molecular weight is 259 g/mol. The standard InChI is InChI=1S/C16H18FNO/c1-2-15(18)13-8-4-6-10-16(13)19-11-12-7-3-5-9-14(12)17/h3-10,15H,2,11,18H2,1H3/t15-/m0/s1. The molecule has 2 N–H and O–H groups in total. The van der Waals surface area contributed by atoms with Gasteiger partial charge in [-0.2, -0.15) is 0 Å². The lowest BCUT2D eigenvalue weighted by Crippen LogP contribution is -2.11. The van der Waals surface area contributed by atoms with E-state index in [0.717, 1.165) is 17.7 Å². The monoisotopic (exact) mass is 259 g/mol. The first kappa shape index (κ1) is 13.6. The Morgan fingerprint density at radius 2 is 1.79 bits per heavy atom. The van der Waals surface area contributed by atoms with Crippen LogP contribution in [0.2, 0.25) is 0 Å². The minimum atomic E-state index is -0.250. The molecule has 0 aliphatic carbocycles. The number of para-hydroxylation sites is 1. The molecule has 0 bridgehead atoms. The van der Waals surface area contributed by atoms with E-state index >= 15 is 0 Å². The van der Waals surface area contributed by atoms with E-state index < -0.39 is 0 Å². The molecule has 19 heavy (non-hydrogen) atoms. The fraction of sp³-hybridized carbons (Fsp3) is 0.250. The lowest BCUT2D eigenvalue weighted by molar-refractivity contribution is 0.294. The molecule has 0 radical (unpaired) electrons. The van der Waals surface area contributed by atoms with Crippen molar-refractivity contribution >= 4 is 0 Å². The van der Waals surface area contributed by atoms with E-state index in [2.05, 4.69) is 0 Å². The van der Waals surface area contributed by atoms with E-state index in [9.17, 15) is 4.39 Å². The van der Waals surface area contributed by atoms with Crippen LogP contribution in [0.4, 0.5) is 4.39 Å². The van der Waals surface area contributed by atoms with Crippen molar-refractivity contribution in [2.75, 3.05) is 0 Å². The Morgan fingerprint density at radius 1 is 1.11 bits per heavy atom. The largest absolute Gasteiger partial charge is 0.488 e. The average Bonchev–Trinajstić information content (AvgIpc) is 2.46. The van der Waals surface area contributed by atoms with Crippen molar-refractivity contribution in [1.29, 1.82) is 0 Å². The maximum atomic E-state index is 13.5. The molecule has 0 heterocycles. The van der Waals surface area contributed by atoms with Crippen molar-refractivity contribution in [2.45, 2.75) is 26.0 Å². The third kappa shape index (κ3) is 3.32. The van der Waals surface area contributed by atoms with E-state index in [1.54, 1.807) is 18.2 Å². The normalized spacial score (nSPS) is 12.2. The molecule has 0 aliphatic rings. The van der Waals surface area contributed by atoms with Gasteiger partial charge in [0.25, 0.3) is 0 Å². The van der Waals surface area contributed by atoms with Crippen LogP contribution in [0.5, 0.6) is 5.75 Å². The zero-order valence-electron chi connectivity index (χ0n) is 11.0. The van der Waals surface area contributed by atoms with Crippen LogP contribution >= 0.6 is 0 Å². The first-order chi connectivity index (χ1) is 9.22. The molecule has 0 amide bonds. The van der Waals surface area contributed by atoms with Crippen LogP contribution in [0.3, 0.4) is 0 Å². The minimum absolute atomic E-state index is 0.0585. The van der Waals surface area contributed by atoms with Gasteiger partial charge < -0.3 is 10.5 Å². The van der Waals surface area contributed by atoms with Crippen molar-refractivity contribution in [2.24, 2.45) is 5.73 Å². The van der Waals surface area contributed by atoms with Crippen LogP contribution in [-0.4, -0.2) is 0 Å². The summed E-state index contributed by atoms with van der Waals surface area (Å²) in [4.78, 5) is 0. The van der Waals surface area contributed by atoms with Gasteiger partial charge in [0.05, 0.1) is 0 Å². The van der Waals surface area contributed by atoms with Crippen LogP contribution in [0.15, 0.2) is 48.5 Å². The van der Waals surface area contributed by atoms with Gasteiger partial charge in [0.15, 0.2) is 0 Å². The van der Waals surface area contributed by atoms with Gasteiger partial charge in [0, 0.05) is 17.2 Å². The summed E-state index contributed by atoms with van der Waals surface area (Å²) < 4.78 is 19.2. The van der Waals surface area contributed by atoms with Crippen molar-refractivity contribution in [3.05, 3.63) is 65.5 Å². The van der Waals surface area contributed by atoms with Gasteiger partial charge in [-0.15, -0.1) is 0 Å². The van der Waals surface area contributed by atoms with Gasteiger partial charge in [-0.25, -0.2) is 4.39 Å². The van der Waals surface area contributed by atoms with E-state index in [1.165, 1.54) is 6.07 Å². The Labute approximate surface area is 113 Å². The minimum Gasteiger partial charge on any atom is -0.488 e. The molecule has 0 saturated carbocycles.